The highest BCUT2D eigenvalue weighted by molar-refractivity contribution is 5.41. The fourth-order valence-corrected chi connectivity index (χ4v) is 2.28. The average Bonchev–Trinajstić information content (AvgIpc) is 2.76. The number of hydrogen-bond acceptors (Lipinski definition) is 5. The molecule has 0 aliphatic heterocycles. The van der Waals surface area contributed by atoms with Gasteiger partial charge in [-0.3, -0.25) is 0 Å². The lowest BCUT2D eigenvalue weighted by Gasteiger charge is -2.20. The molecule has 1 aliphatic rings. The third-order valence-electron chi connectivity index (χ3n) is 3.27. The standard InChI is InChI=1S/C12H20N4O/c1-16(2)12-13-7-6-11(15-12)14-10-5-3-4-9(10)8-17/h6-7,9-10,17H,3-5,8H2,1-2H3,(H,13,14,15). The van der Waals surface area contributed by atoms with Crippen LogP contribution in [0.5, 0.6) is 0 Å². The van der Waals surface area contributed by atoms with Crippen LogP contribution < -0.4 is 10.2 Å². The second-order valence-electron chi connectivity index (χ2n) is 4.76. The highest BCUT2D eigenvalue weighted by Gasteiger charge is 2.26. The van der Waals surface area contributed by atoms with E-state index in [0.717, 1.165) is 18.7 Å². The van der Waals surface area contributed by atoms with Gasteiger partial charge in [-0.15, -0.1) is 0 Å². The molecule has 5 nitrogen and oxygen atoms in total. The number of anilines is 2. The van der Waals surface area contributed by atoms with E-state index >= 15 is 0 Å². The van der Waals surface area contributed by atoms with E-state index in [0.29, 0.717) is 17.9 Å². The second-order valence-corrected chi connectivity index (χ2v) is 4.76. The van der Waals surface area contributed by atoms with Crippen LogP contribution >= 0.6 is 0 Å². The summed E-state index contributed by atoms with van der Waals surface area (Å²) >= 11 is 0. The van der Waals surface area contributed by atoms with Gasteiger partial charge < -0.3 is 15.3 Å². The van der Waals surface area contributed by atoms with Crippen LogP contribution in [-0.2, 0) is 0 Å². The fraction of sp³-hybridized carbons (Fsp3) is 0.667. The lowest BCUT2D eigenvalue weighted by atomic mass is 10.1. The Hall–Kier alpha value is -1.36. The highest BCUT2D eigenvalue weighted by Crippen LogP contribution is 2.27. The smallest absolute Gasteiger partial charge is 0.226 e. The molecule has 0 amide bonds. The van der Waals surface area contributed by atoms with Crippen molar-refractivity contribution in [2.24, 2.45) is 5.92 Å². The summed E-state index contributed by atoms with van der Waals surface area (Å²) in [5.41, 5.74) is 0. The maximum absolute atomic E-state index is 9.28. The second kappa shape index (κ2) is 5.31. The zero-order valence-electron chi connectivity index (χ0n) is 10.4. The van der Waals surface area contributed by atoms with Gasteiger partial charge >= 0.3 is 0 Å². The maximum Gasteiger partial charge on any atom is 0.226 e. The SMILES string of the molecule is CN(C)c1nccc(NC2CCCC2CO)n1. The Morgan fingerprint density at radius 2 is 2.29 bits per heavy atom. The average molecular weight is 236 g/mol. The van der Waals surface area contributed by atoms with Gasteiger partial charge in [0, 0.05) is 38.9 Å². The van der Waals surface area contributed by atoms with Crippen LogP contribution in [0.15, 0.2) is 12.3 Å². The predicted molar refractivity (Wildman–Crippen MR) is 68.2 cm³/mol. The Labute approximate surface area is 102 Å². The van der Waals surface area contributed by atoms with Gasteiger partial charge in [-0.1, -0.05) is 6.42 Å². The Morgan fingerprint density at radius 3 is 3.00 bits per heavy atom. The summed E-state index contributed by atoms with van der Waals surface area (Å²) in [6.07, 6.45) is 5.13. The molecule has 2 rings (SSSR count). The summed E-state index contributed by atoms with van der Waals surface area (Å²) in [5, 5.41) is 12.7. The van der Waals surface area contributed by atoms with Crippen molar-refractivity contribution in [3.05, 3.63) is 12.3 Å². The monoisotopic (exact) mass is 236 g/mol. The molecule has 1 heterocycles. The maximum atomic E-state index is 9.28. The molecule has 2 N–H and O–H groups in total. The van der Waals surface area contributed by atoms with Crippen LogP contribution in [0.25, 0.3) is 0 Å². The van der Waals surface area contributed by atoms with E-state index in [9.17, 15) is 5.11 Å². The van der Waals surface area contributed by atoms with Crippen LogP contribution in [0.4, 0.5) is 11.8 Å². The number of hydrogen-bond donors (Lipinski definition) is 2. The predicted octanol–water partition coefficient (Wildman–Crippen LogP) is 1.12. The lowest BCUT2D eigenvalue weighted by molar-refractivity contribution is 0.222. The molecule has 1 aliphatic carbocycles. The zero-order valence-corrected chi connectivity index (χ0v) is 10.4. The number of aliphatic hydroxyl groups excluding tert-OH is 1. The number of aromatic nitrogens is 2. The summed E-state index contributed by atoms with van der Waals surface area (Å²) in [5.74, 6) is 1.90. The zero-order chi connectivity index (χ0) is 12.3. The molecule has 5 heteroatoms. The summed E-state index contributed by atoms with van der Waals surface area (Å²) in [7, 11) is 3.84. The van der Waals surface area contributed by atoms with Crippen molar-refractivity contribution in [1.29, 1.82) is 0 Å². The molecule has 1 fully saturated rings. The van der Waals surface area contributed by atoms with E-state index in [1.807, 2.05) is 25.1 Å². The third kappa shape index (κ3) is 2.85. The van der Waals surface area contributed by atoms with Crippen molar-refractivity contribution in [3.63, 3.8) is 0 Å². The highest BCUT2D eigenvalue weighted by atomic mass is 16.3. The molecule has 0 bridgehead atoms. The molecule has 0 spiro atoms. The molecular formula is C12H20N4O. The number of nitrogens with one attached hydrogen (secondary N) is 1. The molecular weight excluding hydrogens is 216 g/mol. The van der Waals surface area contributed by atoms with E-state index < -0.39 is 0 Å². The Balaban J connectivity index is 2.05. The first-order valence-electron chi connectivity index (χ1n) is 6.08. The minimum absolute atomic E-state index is 0.253. The fourth-order valence-electron chi connectivity index (χ4n) is 2.28. The molecule has 94 valence electrons. The molecule has 0 aromatic carbocycles. The number of aliphatic hydroxyl groups is 1. The third-order valence-corrected chi connectivity index (χ3v) is 3.27. The van der Waals surface area contributed by atoms with E-state index in [2.05, 4.69) is 15.3 Å². The van der Waals surface area contributed by atoms with E-state index in [1.54, 1.807) is 6.20 Å². The molecule has 0 radical (unpaired) electrons. The first-order chi connectivity index (χ1) is 8.20. The number of rotatable bonds is 4. The Bertz CT molecular complexity index is 369. The van der Waals surface area contributed by atoms with Crippen LogP contribution in [0.2, 0.25) is 0 Å². The molecule has 17 heavy (non-hydrogen) atoms. The van der Waals surface area contributed by atoms with Crippen molar-refractivity contribution in [2.45, 2.75) is 25.3 Å². The van der Waals surface area contributed by atoms with Gasteiger partial charge in [0.2, 0.25) is 5.95 Å². The number of nitrogens with zero attached hydrogens (tertiary/aromatic N) is 3. The molecule has 1 aromatic rings. The summed E-state index contributed by atoms with van der Waals surface area (Å²) in [6.45, 7) is 0.253. The van der Waals surface area contributed by atoms with E-state index in [4.69, 9.17) is 0 Å². The molecule has 2 atom stereocenters. The minimum Gasteiger partial charge on any atom is -0.396 e. The van der Waals surface area contributed by atoms with Gasteiger partial charge in [0.25, 0.3) is 0 Å². The van der Waals surface area contributed by atoms with E-state index in [-0.39, 0.29) is 6.61 Å². The molecule has 1 saturated carbocycles. The van der Waals surface area contributed by atoms with Crippen molar-refractivity contribution in [2.75, 3.05) is 30.9 Å². The van der Waals surface area contributed by atoms with Gasteiger partial charge in [-0.2, -0.15) is 4.98 Å². The van der Waals surface area contributed by atoms with Crippen LogP contribution in [0.1, 0.15) is 19.3 Å². The normalized spacial score (nSPS) is 23.7. The van der Waals surface area contributed by atoms with Crippen molar-refractivity contribution < 1.29 is 5.11 Å². The van der Waals surface area contributed by atoms with Crippen LogP contribution in [0, 0.1) is 5.92 Å². The Morgan fingerprint density at radius 1 is 1.47 bits per heavy atom. The molecule has 1 aromatic heterocycles. The first kappa shape index (κ1) is 12.1. The molecule has 0 saturated heterocycles. The van der Waals surface area contributed by atoms with Gasteiger partial charge in [-0.05, 0) is 18.9 Å². The van der Waals surface area contributed by atoms with E-state index in [1.165, 1.54) is 6.42 Å². The Kier molecular flexibility index (Phi) is 3.78. The van der Waals surface area contributed by atoms with Crippen molar-refractivity contribution >= 4 is 11.8 Å². The topological polar surface area (TPSA) is 61.3 Å². The van der Waals surface area contributed by atoms with Crippen LogP contribution in [-0.4, -0.2) is 41.8 Å². The largest absolute Gasteiger partial charge is 0.396 e. The summed E-state index contributed by atoms with van der Waals surface area (Å²) in [4.78, 5) is 10.5. The lowest BCUT2D eigenvalue weighted by Crippen LogP contribution is -2.27. The van der Waals surface area contributed by atoms with Crippen molar-refractivity contribution in [3.8, 4) is 0 Å². The summed E-state index contributed by atoms with van der Waals surface area (Å²) < 4.78 is 0. The molecule has 2 unspecified atom stereocenters. The van der Waals surface area contributed by atoms with Gasteiger partial charge in [0.15, 0.2) is 0 Å². The van der Waals surface area contributed by atoms with Gasteiger partial charge in [0.1, 0.15) is 5.82 Å². The van der Waals surface area contributed by atoms with Crippen molar-refractivity contribution in [1.82, 2.24) is 9.97 Å². The minimum atomic E-state index is 0.253. The van der Waals surface area contributed by atoms with Gasteiger partial charge in [-0.25, -0.2) is 4.98 Å². The first-order valence-corrected chi connectivity index (χ1v) is 6.08. The van der Waals surface area contributed by atoms with Crippen LogP contribution in [0.3, 0.4) is 0 Å². The quantitative estimate of drug-likeness (QED) is 0.820. The summed E-state index contributed by atoms with van der Waals surface area (Å²) in [6, 6.07) is 2.21. The van der Waals surface area contributed by atoms with Gasteiger partial charge in [0.05, 0.1) is 0 Å².